The first-order valence-electron chi connectivity index (χ1n) is 4.44. The molecule has 1 rings (SSSR count). The standard InChI is InChI=1S/C9H9N3O5/c1-11(9(14)15)8(13)10-6-2-4-7(5-3-6)12(16)17/h2-5H,1H3,(H,10,13)(H,14,15). The highest BCUT2D eigenvalue weighted by atomic mass is 16.6. The lowest BCUT2D eigenvalue weighted by atomic mass is 10.3. The normalized spacial score (nSPS) is 9.47. The minimum absolute atomic E-state index is 0.116. The van der Waals surface area contributed by atoms with E-state index >= 15 is 0 Å². The molecule has 8 nitrogen and oxygen atoms in total. The van der Waals surface area contributed by atoms with Gasteiger partial charge in [0.1, 0.15) is 0 Å². The number of carbonyl (C=O) groups is 2. The maximum absolute atomic E-state index is 11.3. The van der Waals surface area contributed by atoms with E-state index in [1.807, 2.05) is 0 Å². The van der Waals surface area contributed by atoms with Crippen LogP contribution in [-0.4, -0.2) is 34.1 Å². The number of benzene rings is 1. The van der Waals surface area contributed by atoms with Gasteiger partial charge in [0.05, 0.1) is 4.92 Å². The summed E-state index contributed by atoms with van der Waals surface area (Å²) >= 11 is 0. The van der Waals surface area contributed by atoms with Crippen LogP contribution in [0.3, 0.4) is 0 Å². The number of carbonyl (C=O) groups excluding carboxylic acids is 1. The van der Waals surface area contributed by atoms with Gasteiger partial charge in [0.25, 0.3) is 5.69 Å². The molecule has 1 aromatic rings. The molecule has 0 aliphatic carbocycles. The molecule has 0 aliphatic heterocycles. The summed E-state index contributed by atoms with van der Waals surface area (Å²) < 4.78 is 0. The van der Waals surface area contributed by atoms with Gasteiger partial charge in [-0.3, -0.25) is 10.1 Å². The SMILES string of the molecule is CN(C(=O)O)C(=O)Nc1ccc([N+](=O)[O-])cc1. The average molecular weight is 239 g/mol. The summed E-state index contributed by atoms with van der Waals surface area (Å²) in [7, 11) is 1.09. The van der Waals surface area contributed by atoms with Crippen LogP contribution in [0.1, 0.15) is 0 Å². The Morgan fingerprint density at radius 2 is 1.88 bits per heavy atom. The van der Waals surface area contributed by atoms with Crippen LogP contribution in [0.4, 0.5) is 21.0 Å². The van der Waals surface area contributed by atoms with Crippen molar-refractivity contribution >= 4 is 23.5 Å². The second-order valence-corrected chi connectivity index (χ2v) is 3.08. The summed E-state index contributed by atoms with van der Waals surface area (Å²) in [5.41, 5.74) is 0.156. The van der Waals surface area contributed by atoms with Gasteiger partial charge in [-0.25, -0.2) is 14.5 Å². The van der Waals surface area contributed by atoms with E-state index in [1.54, 1.807) is 0 Å². The molecule has 90 valence electrons. The van der Waals surface area contributed by atoms with Crippen molar-refractivity contribution in [2.45, 2.75) is 0 Å². The molecule has 0 fully saturated rings. The molecule has 0 saturated carbocycles. The van der Waals surface area contributed by atoms with Gasteiger partial charge in [-0.15, -0.1) is 0 Å². The van der Waals surface area contributed by atoms with Crippen LogP contribution in [0, 0.1) is 10.1 Å². The Morgan fingerprint density at radius 3 is 2.29 bits per heavy atom. The molecule has 0 aliphatic rings. The van der Waals surface area contributed by atoms with E-state index in [9.17, 15) is 19.7 Å². The fourth-order valence-electron chi connectivity index (χ4n) is 0.961. The molecular formula is C9H9N3O5. The highest BCUT2D eigenvalue weighted by molar-refractivity contribution is 5.98. The Labute approximate surface area is 95.6 Å². The molecule has 17 heavy (non-hydrogen) atoms. The molecule has 2 N–H and O–H groups in total. The number of nitrogens with one attached hydrogen (secondary N) is 1. The monoisotopic (exact) mass is 239 g/mol. The van der Waals surface area contributed by atoms with Crippen molar-refractivity contribution in [1.82, 2.24) is 4.90 Å². The smallest absolute Gasteiger partial charge is 0.415 e. The van der Waals surface area contributed by atoms with Crippen LogP contribution >= 0.6 is 0 Å². The van der Waals surface area contributed by atoms with Gasteiger partial charge in [0.15, 0.2) is 0 Å². The third-order valence-electron chi connectivity index (χ3n) is 1.92. The number of carboxylic acid groups (broad SMARTS) is 1. The lowest BCUT2D eigenvalue weighted by Gasteiger charge is -2.12. The van der Waals surface area contributed by atoms with Crippen LogP contribution in [0.5, 0.6) is 0 Å². The minimum Gasteiger partial charge on any atom is -0.465 e. The van der Waals surface area contributed by atoms with Crippen molar-refractivity contribution in [3.8, 4) is 0 Å². The number of nitro groups is 1. The highest BCUT2D eigenvalue weighted by Gasteiger charge is 2.15. The Morgan fingerprint density at radius 1 is 1.35 bits per heavy atom. The first-order valence-corrected chi connectivity index (χ1v) is 4.44. The van der Waals surface area contributed by atoms with Gasteiger partial charge in [-0.05, 0) is 12.1 Å². The van der Waals surface area contributed by atoms with Crippen LogP contribution in [0.2, 0.25) is 0 Å². The van der Waals surface area contributed by atoms with E-state index in [0.29, 0.717) is 4.90 Å². The summed E-state index contributed by atoms with van der Waals surface area (Å²) in [5, 5.41) is 21.2. The van der Waals surface area contributed by atoms with E-state index < -0.39 is 17.0 Å². The number of nitrogens with zero attached hydrogens (tertiary/aromatic N) is 2. The van der Waals surface area contributed by atoms with E-state index in [1.165, 1.54) is 24.3 Å². The third kappa shape index (κ3) is 3.16. The van der Waals surface area contributed by atoms with Gasteiger partial charge >= 0.3 is 12.1 Å². The number of hydrogen-bond donors (Lipinski definition) is 2. The van der Waals surface area contributed by atoms with Gasteiger partial charge in [-0.2, -0.15) is 0 Å². The van der Waals surface area contributed by atoms with Gasteiger partial charge in [0, 0.05) is 24.9 Å². The van der Waals surface area contributed by atoms with Crippen LogP contribution in [0.25, 0.3) is 0 Å². The molecule has 0 heterocycles. The van der Waals surface area contributed by atoms with Crippen LogP contribution in [0.15, 0.2) is 24.3 Å². The van der Waals surface area contributed by atoms with Crippen molar-refractivity contribution in [2.24, 2.45) is 0 Å². The Kier molecular flexibility index (Phi) is 3.60. The molecule has 3 amide bonds. The first kappa shape index (κ1) is 12.4. The maximum atomic E-state index is 11.3. The molecular weight excluding hydrogens is 230 g/mol. The van der Waals surface area contributed by atoms with E-state index in [4.69, 9.17) is 5.11 Å². The van der Waals surface area contributed by atoms with E-state index in [-0.39, 0.29) is 11.4 Å². The van der Waals surface area contributed by atoms with Crippen molar-refractivity contribution in [2.75, 3.05) is 12.4 Å². The summed E-state index contributed by atoms with van der Waals surface area (Å²) in [5.74, 6) is 0. The number of anilines is 1. The molecule has 0 aromatic heterocycles. The third-order valence-corrected chi connectivity index (χ3v) is 1.92. The van der Waals surface area contributed by atoms with Gasteiger partial charge in [-0.1, -0.05) is 0 Å². The average Bonchev–Trinajstić information content (AvgIpc) is 2.28. The predicted molar refractivity (Wildman–Crippen MR) is 57.9 cm³/mol. The van der Waals surface area contributed by atoms with Crippen molar-refractivity contribution in [3.63, 3.8) is 0 Å². The fraction of sp³-hybridized carbons (Fsp3) is 0.111. The molecule has 0 saturated heterocycles. The van der Waals surface area contributed by atoms with Crippen LogP contribution in [-0.2, 0) is 0 Å². The molecule has 8 heteroatoms. The lowest BCUT2D eigenvalue weighted by molar-refractivity contribution is -0.384. The van der Waals surface area contributed by atoms with Crippen LogP contribution < -0.4 is 5.32 Å². The predicted octanol–water partition coefficient (Wildman–Crippen LogP) is 1.74. The number of nitro benzene ring substituents is 1. The number of rotatable bonds is 2. The summed E-state index contributed by atoms with van der Waals surface area (Å²) in [6.45, 7) is 0. The van der Waals surface area contributed by atoms with Gasteiger partial charge in [0.2, 0.25) is 0 Å². The Bertz CT molecular complexity index is 456. The maximum Gasteiger partial charge on any atom is 0.415 e. The van der Waals surface area contributed by atoms with Crippen molar-refractivity contribution < 1.29 is 19.6 Å². The largest absolute Gasteiger partial charge is 0.465 e. The minimum atomic E-state index is -1.40. The molecule has 0 bridgehead atoms. The Hall–Kier alpha value is -2.64. The zero-order valence-corrected chi connectivity index (χ0v) is 8.78. The topological polar surface area (TPSA) is 113 Å². The second kappa shape index (κ2) is 4.92. The summed E-state index contributed by atoms with van der Waals surface area (Å²) in [4.78, 5) is 32.0. The summed E-state index contributed by atoms with van der Waals surface area (Å²) in [6.07, 6.45) is -1.40. The van der Waals surface area contributed by atoms with Crippen molar-refractivity contribution in [1.29, 1.82) is 0 Å². The van der Waals surface area contributed by atoms with Crippen molar-refractivity contribution in [3.05, 3.63) is 34.4 Å². The van der Waals surface area contributed by atoms with Gasteiger partial charge < -0.3 is 10.4 Å². The first-order chi connectivity index (χ1) is 7.91. The number of hydrogen-bond acceptors (Lipinski definition) is 4. The number of imide groups is 1. The number of amides is 3. The number of urea groups is 1. The van der Waals surface area contributed by atoms with E-state index in [0.717, 1.165) is 7.05 Å². The quantitative estimate of drug-likeness (QED) is 0.602. The number of non-ortho nitro benzene ring substituents is 1. The second-order valence-electron chi connectivity index (χ2n) is 3.08. The molecule has 0 spiro atoms. The van der Waals surface area contributed by atoms with E-state index in [2.05, 4.69) is 5.32 Å². The lowest BCUT2D eigenvalue weighted by Crippen LogP contribution is -2.35. The molecule has 0 atom stereocenters. The zero-order valence-electron chi connectivity index (χ0n) is 8.78. The zero-order chi connectivity index (χ0) is 13.0. The fourth-order valence-corrected chi connectivity index (χ4v) is 0.961. The summed E-state index contributed by atoms with van der Waals surface area (Å²) in [6, 6.07) is 4.19. The highest BCUT2D eigenvalue weighted by Crippen LogP contribution is 2.15. The molecule has 0 unspecified atom stereocenters. The Balaban J connectivity index is 2.73. The molecule has 1 aromatic carbocycles. The molecule has 0 radical (unpaired) electrons.